The first-order valence-corrected chi connectivity index (χ1v) is 8.90. The quantitative estimate of drug-likeness (QED) is 0.862. The molecule has 5 heteroatoms. The van der Waals surface area contributed by atoms with Gasteiger partial charge in [-0.3, -0.25) is 19.6 Å². The van der Waals surface area contributed by atoms with E-state index in [4.69, 9.17) is 9.90 Å². The zero-order chi connectivity index (χ0) is 17.6. The number of rotatable bonds is 3. The minimum Gasteiger partial charge on any atom is -0.483 e. The summed E-state index contributed by atoms with van der Waals surface area (Å²) in [4.78, 5) is 18.2. The van der Waals surface area contributed by atoms with Crippen molar-refractivity contribution >= 4 is 6.47 Å². The highest BCUT2D eigenvalue weighted by atomic mass is 16.3. The molecule has 1 atom stereocenters. The van der Waals surface area contributed by atoms with Gasteiger partial charge in [0.05, 0.1) is 5.69 Å². The Bertz CT molecular complexity index is 525. The normalized spacial score (nSPS) is 24.2. The Labute approximate surface area is 145 Å². The average Bonchev–Trinajstić information content (AvgIpc) is 2.91. The summed E-state index contributed by atoms with van der Waals surface area (Å²) in [7, 11) is 0. The van der Waals surface area contributed by atoms with Crippen molar-refractivity contribution in [2.24, 2.45) is 5.41 Å². The van der Waals surface area contributed by atoms with Gasteiger partial charge in [-0.1, -0.05) is 19.9 Å². The maximum Gasteiger partial charge on any atom is 0.290 e. The molecule has 0 spiro atoms. The lowest BCUT2D eigenvalue weighted by molar-refractivity contribution is -0.122. The van der Waals surface area contributed by atoms with Crippen LogP contribution < -0.4 is 0 Å². The number of carboxylic acid groups (broad SMARTS) is 1. The van der Waals surface area contributed by atoms with Crippen molar-refractivity contribution in [1.82, 2.24) is 14.8 Å². The molecule has 1 aliphatic carbocycles. The number of piperazine rings is 1. The second-order valence-corrected chi connectivity index (χ2v) is 7.75. The van der Waals surface area contributed by atoms with Crippen LogP contribution in [0, 0.1) is 12.3 Å². The molecule has 2 fully saturated rings. The zero-order valence-corrected chi connectivity index (χ0v) is 15.2. The van der Waals surface area contributed by atoms with Crippen molar-refractivity contribution in [2.75, 3.05) is 26.2 Å². The Morgan fingerprint density at radius 2 is 2.00 bits per heavy atom. The van der Waals surface area contributed by atoms with Gasteiger partial charge in [-0.25, -0.2) is 0 Å². The molecule has 3 rings (SSSR count). The van der Waals surface area contributed by atoms with E-state index in [0.29, 0.717) is 5.41 Å². The van der Waals surface area contributed by atoms with Crippen molar-refractivity contribution in [2.45, 2.75) is 52.6 Å². The van der Waals surface area contributed by atoms with Gasteiger partial charge in [-0.15, -0.1) is 0 Å². The predicted molar refractivity (Wildman–Crippen MR) is 95.9 cm³/mol. The van der Waals surface area contributed by atoms with E-state index >= 15 is 0 Å². The first kappa shape index (κ1) is 18.9. The van der Waals surface area contributed by atoms with Gasteiger partial charge in [0.2, 0.25) is 0 Å². The fourth-order valence-electron chi connectivity index (χ4n) is 3.89. The van der Waals surface area contributed by atoms with Crippen LogP contribution in [0.1, 0.15) is 44.4 Å². The molecule has 0 aromatic carbocycles. The van der Waals surface area contributed by atoms with Crippen LogP contribution in [0.3, 0.4) is 0 Å². The Morgan fingerprint density at radius 3 is 2.54 bits per heavy atom. The molecule has 2 heterocycles. The monoisotopic (exact) mass is 333 g/mol. The van der Waals surface area contributed by atoms with E-state index in [1.54, 1.807) is 0 Å². The van der Waals surface area contributed by atoms with Gasteiger partial charge in [0.1, 0.15) is 0 Å². The lowest BCUT2D eigenvalue weighted by Gasteiger charge is -2.38. The molecule has 0 radical (unpaired) electrons. The number of hydrogen-bond acceptors (Lipinski definition) is 4. The van der Waals surface area contributed by atoms with Gasteiger partial charge >= 0.3 is 0 Å². The summed E-state index contributed by atoms with van der Waals surface area (Å²) in [5.74, 6) is 0. The smallest absolute Gasteiger partial charge is 0.290 e. The van der Waals surface area contributed by atoms with Crippen molar-refractivity contribution in [3.63, 3.8) is 0 Å². The minimum atomic E-state index is -0.250. The van der Waals surface area contributed by atoms with Gasteiger partial charge in [0.25, 0.3) is 6.47 Å². The van der Waals surface area contributed by atoms with Gasteiger partial charge in [-0.2, -0.15) is 0 Å². The molecule has 1 N–H and O–H groups in total. The van der Waals surface area contributed by atoms with Crippen LogP contribution in [0.4, 0.5) is 0 Å². The van der Waals surface area contributed by atoms with Gasteiger partial charge in [0, 0.05) is 45.0 Å². The summed E-state index contributed by atoms with van der Waals surface area (Å²) >= 11 is 0. The molecule has 1 saturated heterocycles. The molecular weight excluding hydrogens is 302 g/mol. The topological polar surface area (TPSA) is 56.7 Å². The van der Waals surface area contributed by atoms with Crippen LogP contribution in [-0.2, 0) is 11.3 Å². The van der Waals surface area contributed by atoms with E-state index in [0.717, 1.165) is 12.6 Å². The lowest BCUT2D eigenvalue weighted by atomic mass is 9.91. The third-order valence-corrected chi connectivity index (χ3v) is 5.36. The molecule has 1 aromatic rings. The summed E-state index contributed by atoms with van der Waals surface area (Å²) in [5.41, 5.74) is 3.12. The van der Waals surface area contributed by atoms with Gasteiger partial charge in [-0.05, 0) is 43.2 Å². The number of pyridine rings is 1. The van der Waals surface area contributed by atoms with Crippen LogP contribution >= 0.6 is 0 Å². The highest BCUT2D eigenvalue weighted by molar-refractivity contribution is 5.32. The number of carbonyl (C=O) groups is 1. The second-order valence-electron chi connectivity index (χ2n) is 7.75. The average molecular weight is 333 g/mol. The highest BCUT2D eigenvalue weighted by Gasteiger charge is 2.35. The molecular formula is C19H31N3O2. The number of nitrogens with zero attached hydrogens (tertiary/aromatic N) is 3. The fourth-order valence-corrected chi connectivity index (χ4v) is 3.89. The molecule has 1 saturated carbocycles. The molecule has 24 heavy (non-hydrogen) atoms. The van der Waals surface area contributed by atoms with E-state index in [1.807, 2.05) is 12.3 Å². The SMILES string of the molecule is Cc1cccnc1CN1CCN(C2CCC(C)(C)C2)CC1.O=CO. The largest absolute Gasteiger partial charge is 0.483 e. The van der Waals surface area contributed by atoms with Crippen LogP contribution in [0.15, 0.2) is 18.3 Å². The van der Waals surface area contributed by atoms with Crippen LogP contribution in [0.5, 0.6) is 0 Å². The van der Waals surface area contributed by atoms with Crippen LogP contribution in [0.25, 0.3) is 0 Å². The minimum absolute atomic E-state index is 0.250. The van der Waals surface area contributed by atoms with Gasteiger partial charge < -0.3 is 5.11 Å². The van der Waals surface area contributed by atoms with Crippen molar-refractivity contribution in [3.05, 3.63) is 29.6 Å². The number of hydrogen-bond donors (Lipinski definition) is 1. The van der Waals surface area contributed by atoms with E-state index in [-0.39, 0.29) is 6.47 Å². The summed E-state index contributed by atoms with van der Waals surface area (Å²) in [5, 5.41) is 6.89. The summed E-state index contributed by atoms with van der Waals surface area (Å²) in [6, 6.07) is 5.02. The molecule has 1 aliphatic heterocycles. The second kappa shape index (κ2) is 8.58. The molecule has 1 aromatic heterocycles. The van der Waals surface area contributed by atoms with E-state index in [1.165, 1.54) is 56.7 Å². The standard InChI is InChI=1S/C18H29N3.CH2O2/c1-15-5-4-8-19-17(15)14-20-9-11-21(12-10-20)16-6-7-18(2,3)13-16;2-1-3/h4-5,8,16H,6-7,9-14H2,1-3H3;1H,(H,2,3). The van der Waals surface area contributed by atoms with Crippen LogP contribution in [-0.4, -0.2) is 58.6 Å². The maximum absolute atomic E-state index is 8.36. The third-order valence-electron chi connectivity index (χ3n) is 5.36. The number of aromatic nitrogens is 1. The zero-order valence-electron chi connectivity index (χ0n) is 15.2. The Balaban J connectivity index is 0.000000647. The first-order valence-electron chi connectivity index (χ1n) is 8.90. The summed E-state index contributed by atoms with van der Waals surface area (Å²) in [6.45, 7) is 12.6. The maximum atomic E-state index is 8.36. The van der Waals surface area contributed by atoms with E-state index in [2.05, 4.69) is 41.6 Å². The predicted octanol–water partition coefficient (Wildman–Crippen LogP) is 2.79. The lowest BCUT2D eigenvalue weighted by Crippen LogP contribution is -2.49. The van der Waals surface area contributed by atoms with E-state index < -0.39 is 0 Å². The van der Waals surface area contributed by atoms with E-state index in [9.17, 15) is 0 Å². The Kier molecular flexibility index (Phi) is 6.75. The Hall–Kier alpha value is -1.46. The molecule has 5 nitrogen and oxygen atoms in total. The van der Waals surface area contributed by atoms with Crippen LogP contribution in [0.2, 0.25) is 0 Å². The highest BCUT2D eigenvalue weighted by Crippen LogP contribution is 2.39. The summed E-state index contributed by atoms with van der Waals surface area (Å²) < 4.78 is 0. The van der Waals surface area contributed by atoms with Crippen molar-refractivity contribution in [3.8, 4) is 0 Å². The number of aryl methyl sites for hydroxylation is 1. The molecule has 0 bridgehead atoms. The Morgan fingerprint density at radius 1 is 1.33 bits per heavy atom. The molecule has 0 amide bonds. The third kappa shape index (κ3) is 5.28. The summed E-state index contributed by atoms with van der Waals surface area (Å²) in [6.07, 6.45) is 6.09. The van der Waals surface area contributed by atoms with Gasteiger partial charge in [0.15, 0.2) is 0 Å². The van der Waals surface area contributed by atoms with Crippen molar-refractivity contribution < 1.29 is 9.90 Å². The molecule has 2 aliphatic rings. The fraction of sp³-hybridized carbons (Fsp3) is 0.684. The molecule has 1 unspecified atom stereocenters. The first-order chi connectivity index (χ1) is 11.4. The molecule has 134 valence electrons. The van der Waals surface area contributed by atoms with Crippen molar-refractivity contribution in [1.29, 1.82) is 0 Å².